The number of aryl methyl sites for hydroxylation is 1. The highest BCUT2D eigenvalue weighted by molar-refractivity contribution is 7.16. The summed E-state index contributed by atoms with van der Waals surface area (Å²) in [6.45, 7) is 1.85. The van der Waals surface area contributed by atoms with Crippen molar-refractivity contribution in [1.82, 2.24) is 10.2 Å². The summed E-state index contributed by atoms with van der Waals surface area (Å²) in [5.74, 6) is -0.136. The highest BCUT2D eigenvalue weighted by atomic mass is 32.1. The van der Waals surface area contributed by atoms with Crippen molar-refractivity contribution in [1.29, 1.82) is 0 Å². The van der Waals surface area contributed by atoms with Crippen LogP contribution in [0.3, 0.4) is 0 Å². The molecule has 0 saturated carbocycles. The van der Waals surface area contributed by atoms with Crippen LogP contribution in [0.5, 0.6) is 5.75 Å². The molecule has 7 nitrogen and oxygen atoms in total. The van der Waals surface area contributed by atoms with Gasteiger partial charge < -0.3 is 14.8 Å². The van der Waals surface area contributed by atoms with Gasteiger partial charge in [-0.05, 0) is 43.3 Å². The van der Waals surface area contributed by atoms with Gasteiger partial charge in [0.1, 0.15) is 16.4 Å². The third-order valence-corrected chi connectivity index (χ3v) is 4.66. The summed E-state index contributed by atoms with van der Waals surface area (Å²) in [5, 5.41) is 10.1. The number of nitrogens with one attached hydrogen (secondary N) is 2. The Labute approximate surface area is 154 Å². The van der Waals surface area contributed by atoms with E-state index in [9.17, 15) is 9.59 Å². The molecule has 8 heteroatoms. The maximum absolute atomic E-state index is 12.5. The van der Waals surface area contributed by atoms with E-state index in [-0.39, 0.29) is 11.6 Å². The Hall–Kier alpha value is -3.13. The molecule has 0 bridgehead atoms. The van der Waals surface area contributed by atoms with Gasteiger partial charge in [-0.2, -0.15) is 5.10 Å². The zero-order chi connectivity index (χ0) is 18.7. The third kappa shape index (κ3) is 3.60. The van der Waals surface area contributed by atoms with E-state index < -0.39 is 5.97 Å². The molecule has 0 aliphatic carbocycles. The SMILES string of the molecule is COC(=O)c1cc(C)sc1NC(=O)c1cc(-c2ccc(OC)cc2)n[nH]1. The Kier molecular flexibility index (Phi) is 5.04. The fourth-order valence-electron chi connectivity index (χ4n) is 2.39. The molecule has 134 valence electrons. The molecule has 0 fully saturated rings. The summed E-state index contributed by atoms with van der Waals surface area (Å²) >= 11 is 1.31. The van der Waals surface area contributed by atoms with E-state index in [0.717, 1.165) is 16.2 Å². The lowest BCUT2D eigenvalue weighted by Crippen LogP contribution is -2.14. The Bertz CT molecular complexity index is 944. The van der Waals surface area contributed by atoms with Crippen LogP contribution in [0.2, 0.25) is 0 Å². The first-order valence-electron chi connectivity index (χ1n) is 7.71. The van der Waals surface area contributed by atoms with Gasteiger partial charge in [0, 0.05) is 10.4 Å². The predicted molar refractivity (Wildman–Crippen MR) is 98.9 cm³/mol. The maximum Gasteiger partial charge on any atom is 0.340 e. The molecule has 0 atom stereocenters. The largest absolute Gasteiger partial charge is 0.497 e. The first-order chi connectivity index (χ1) is 12.5. The van der Waals surface area contributed by atoms with Gasteiger partial charge in [-0.3, -0.25) is 9.89 Å². The molecule has 2 aromatic heterocycles. The molecular weight excluding hydrogens is 354 g/mol. The van der Waals surface area contributed by atoms with Gasteiger partial charge in [-0.1, -0.05) is 0 Å². The number of carbonyl (C=O) groups excluding carboxylic acids is 2. The summed E-state index contributed by atoms with van der Waals surface area (Å²) < 4.78 is 9.87. The van der Waals surface area contributed by atoms with Crippen molar-refractivity contribution < 1.29 is 19.1 Å². The van der Waals surface area contributed by atoms with Crippen molar-refractivity contribution in [3.63, 3.8) is 0 Å². The van der Waals surface area contributed by atoms with Crippen molar-refractivity contribution in [2.24, 2.45) is 0 Å². The van der Waals surface area contributed by atoms with Crippen LogP contribution in [0.25, 0.3) is 11.3 Å². The van der Waals surface area contributed by atoms with Crippen molar-refractivity contribution >= 4 is 28.2 Å². The number of carbonyl (C=O) groups is 2. The Morgan fingerprint density at radius 1 is 1.15 bits per heavy atom. The van der Waals surface area contributed by atoms with E-state index in [1.54, 1.807) is 19.2 Å². The molecule has 0 spiro atoms. The van der Waals surface area contributed by atoms with Crippen LogP contribution < -0.4 is 10.1 Å². The normalized spacial score (nSPS) is 10.4. The minimum atomic E-state index is -0.492. The van der Waals surface area contributed by atoms with Crippen molar-refractivity contribution in [3.8, 4) is 17.0 Å². The van der Waals surface area contributed by atoms with Gasteiger partial charge in [0.2, 0.25) is 0 Å². The summed E-state index contributed by atoms with van der Waals surface area (Å²) in [6, 6.07) is 10.7. The molecule has 3 aromatic rings. The number of anilines is 1. The molecule has 0 aliphatic heterocycles. The van der Waals surface area contributed by atoms with E-state index in [1.165, 1.54) is 18.4 Å². The molecule has 1 aromatic carbocycles. The van der Waals surface area contributed by atoms with Crippen LogP contribution in [0.15, 0.2) is 36.4 Å². The number of benzene rings is 1. The maximum atomic E-state index is 12.5. The van der Waals surface area contributed by atoms with Gasteiger partial charge in [0.25, 0.3) is 5.91 Å². The van der Waals surface area contributed by atoms with E-state index >= 15 is 0 Å². The fraction of sp³-hybridized carbons (Fsp3) is 0.167. The molecule has 3 rings (SSSR count). The third-order valence-electron chi connectivity index (χ3n) is 3.70. The van der Waals surface area contributed by atoms with Gasteiger partial charge in [0.05, 0.1) is 25.5 Å². The number of esters is 1. The lowest BCUT2D eigenvalue weighted by molar-refractivity contribution is 0.0602. The molecule has 2 heterocycles. The number of nitrogens with zero attached hydrogens (tertiary/aromatic N) is 1. The van der Waals surface area contributed by atoms with Crippen molar-refractivity contribution in [3.05, 3.63) is 52.5 Å². The molecule has 2 N–H and O–H groups in total. The van der Waals surface area contributed by atoms with Gasteiger partial charge >= 0.3 is 5.97 Å². The van der Waals surface area contributed by atoms with E-state index in [0.29, 0.717) is 16.3 Å². The molecular formula is C18H17N3O4S. The number of aromatic amines is 1. The molecule has 26 heavy (non-hydrogen) atoms. The highest BCUT2D eigenvalue weighted by Gasteiger charge is 2.19. The number of ether oxygens (including phenoxy) is 2. The number of hydrogen-bond acceptors (Lipinski definition) is 6. The number of methoxy groups -OCH3 is 2. The van der Waals surface area contributed by atoms with E-state index in [4.69, 9.17) is 9.47 Å². The topological polar surface area (TPSA) is 93.3 Å². The number of H-pyrrole nitrogens is 1. The zero-order valence-corrected chi connectivity index (χ0v) is 15.3. The van der Waals surface area contributed by atoms with E-state index in [1.807, 2.05) is 31.2 Å². The molecule has 1 amide bonds. The first-order valence-corrected chi connectivity index (χ1v) is 8.53. The Morgan fingerprint density at radius 3 is 2.54 bits per heavy atom. The second-order valence-corrected chi connectivity index (χ2v) is 6.70. The van der Waals surface area contributed by atoms with Crippen LogP contribution in [-0.4, -0.2) is 36.3 Å². The number of hydrogen-bond donors (Lipinski definition) is 2. The number of rotatable bonds is 5. The molecule has 0 aliphatic rings. The quantitative estimate of drug-likeness (QED) is 0.670. The molecule has 0 saturated heterocycles. The predicted octanol–water partition coefficient (Wildman–Crippen LogP) is 3.49. The molecule has 0 unspecified atom stereocenters. The van der Waals surface area contributed by atoms with Crippen LogP contribution in [0.4, 0.5) is 5.00 Å². The Balaban J connectivity index is 1.79. The minimum Gasteiger partial charge on any atom is -0.497 e. The summed E-state index contributed by atoms with van der Waals surface area (Å²) in [4.78, 5) is 25.2. The second-order valence-electron chi connectivity index (χ2n) is 5.44. The van der Waals surface area contributed by atoms with Crippen molar-refractivity contribution in [2.45, 2.75) is 6.92 Å². The van der Waals surface area contributed by atoms with Gasteiger partial charge in [0.15, 0.2) is 0 Å². The standard InChI is InChI=1S/C18H17N3O4S/c1-10-8-13(18(23)25-3)17(26-10)19-16(22)15-9-14(20-21-15)11-4-6-12(24-2)7-5-11/h4-9H,1-3H3,(H,19,22)(H,20,21). The zero-order valence-electron chi connectivity index (χ0n) is 14.5. The van der Waals surface area contributed by atoms with E-state index in [2.05, 4.69) is 15.5 Å². The number of aromatic nitrogens is 2. The monoisotopic (exact) mass is 371 g/mol. The average Bonchev–Trinajstić information content (AvgIpc) is 3.28. The van der Waals surface area contributed by atoms with Gasteiger partial charge in [-0.15, -0.1) is 11.3 Å². The molecule has 0 radical (unpaired) electrons. The average molecular weight is 371 g/mol. The number of amides is 1. The summed E-state index contributed by atoms with van der Waals surface area (Å²) in [6.07, 6.45) is 0. The van der Waals surface area contributed by atoms with Gasteiger partial charge in [-0.25, -0.2) is 4.79 Å². The highest BCUT2D eigenvalue weighted by Crippen LogP contribution is 2.29. The summed E-state index contributed by atoms with van der Waals surface area (Å²) in [7, 11) is 2.90. The van der Waals surface area contributed by atoms with Crippen molar-refractivity contribution in [2.75, 3.05) is 19.5 Å². The fourth-order valence-corrected chi connectivity index (χ4v) is 3.28. The van der Waals surface area contributed by atoms with Crippen LogP contribution in [0, 0.1) is 6.92 Å². The van der Waals surface area contributed by atoms with Crippen LogP contribution in [0.1, 0.15) is 25.7 Å². The second kappa shape index (κ2) is 7.40. The lowest BCUT2D eigenvalue weighted by atomic mass is 10.1. The van der Waals surface area contributed by atoms with Crippen LogP contribution in [-0.2, 0) is 4.74 Å². The summed E-state index contributed by atoms with van der Waals surface area (Å²) in [5.41, 5.74) is 2.10. The van der Waals surface area contributed by atoms with Crippen LogP contribution >= 0.6 is 11.3 Å². The Morgan fingerprint density at radius 2 is 1.88 bits per heavy atom. The lowest BCUT2D eigenvalue weighted by Gasteiger charge is -2.03. The number of thiophene rings is 1. The smallest absolute Gasteiger partial charge is 0.340 e. The minimum absolute atomic E-state index is 0.290. The first kappa shape index (κ1) is 17.7.